The number of carbonyl (C=O) groups is 2. The molecule has 0 bridgehead atoms. The molecule has 2 rings (SSSR count). The van der Waals surface area contributed by atoms with E-state index in [-0.39, 0.29) is 0 Å². The lowest BCUT2D eigenvalue weighted by molar-refractivity contribution is -0.178. The minimum atomic E-state index is -0.573. The van der Waals surface area contributed by atoms with Gasteiger partial charge < -0.3 is 14.2 Å². The first kappa shape index (κ1) is 12.5. The molecule has 0 saturated carbocycles. The molecule has 2 heterocycles. The monoisotopic (exact) mass is 242 g/mol. The van der Waals surface area contributed by atoms with Gasteiger partial charge in [-0.2, -0.15) is 0 Å². The van der Waals surface area contributed by atoms with Crippen molar-refractivity contribution in [3.05, 3.63) is 0 Å². The van der Waals surface area contributed by atoms with Crippen molar-refractivity contribution in [3.8, 4) is 0 Å². The van der Waals surface area contributed by atoms with Gasteiger partial charge in [0.1, 0.15) is 0 Å². The Labute approximate surface area is 100 Å². The van der Waals surface area contributed by atoms with Crippen LogP contribution in [0, 0.1) is 0 Å². The van der Waals surface area contributed by atoms with E-state index in [9.17, 15) is 9.59 Å². The summed E-state index contributed by atoms with van der Waals surface area (Å²) in [6, 6.07) is 0. The lowest BCUT2D eigenvalue weighted by Crippen LogP contribution is -2.36. The topological polar surface area (TPSA) is 61.8 Å². The minimum Gasteiger partial charge on any atom is -0.389 e. The largest absolute Gasteiger partial charge is 0.389 e. The zero-order chi connectivity index (χ0) is 12.1. The van der Waals surface area contributed by atoms with E-state index in [4.69, 9.17) is 14.2 Å². The fraction of sp³-hybridized carbons (Fsp3) is 0.833. The van der Waals surface area contributed by atoms with Crippen molar-refractivity contribution in [3.63, 3.8) is 0 Å². The summed E-state index contributed by atoms with van der Waals surface area (Å²) in [4.78, 5) is 23.3. The molecule has 2 aliphatic heterocycles. The van der Waals surface area contributed by atoms with Gasteiger partial charge in [-0.25, -0.2) is 9.59 Å². The summed E-state index contributed by atoms with van der Waals surface area (Å²) in [5.41, 5.74) is 0. The van der Waals surface area contributed by atoms with E-state index < -0.39 is 24.1 Å². The molecule has 2 unspecified atom stereocenters. The molecule has 5 heteroatoms. The van der Waals surface area contributed by atoms with Gasteiger partial charge in [0.25, 0.3) is 0 Å². The van der Waals surface area contributed by atoms with E-state index in [1.807, 2.05) is 0 Å². The first-order chi connectivity index (χ1) is 8.27. The Morgan fingerprint density at radius 2 is 1.29 bits per heavy atom. The molecule has 2 saturated heterocycles. The SMILES string of the molecule is O=C(OC(=O)C1CCCCO1)C1CCCCO1. The molecule has 0 aromatic carbocycles. The zero-order valence-corrected chi connectivity index (χ0v) is 9.85. The van der Waals surface area contributed by atoms with Gasteiger partial charge >= 0.3 is 11.9 Å². The number of carbonyl (C=O) groups excluding carboxylic acids is 2. The number of hydrogen-bond acceptors (Lipinski definition) is 5. The second-order valence-corrected chi connectivity index (χ2v) is 4.45. The number of esters is 2. The van der Waals surface area contributed by atoms with E-state index in [0.29, 0.717) is 26.1 Å². The molecular formula is C12H18O5. The summed E-state index contributed by atoms with van der Waals surface area (Å²) in [5, 5.41) is 0. The van der Waals surface area contributed by atoms with Gasteiger partial charge in [-0.05, 0) is 38.5 Å². The minimum absolute atomic E-state index is 0.563. The summed E-state index contributed by atoms with van der Waals surface area (Å²) in [7, 11) is 0. The van der Waals surface area contributed by atoms with Crippen molar-refractivity contribution in [2.75, 3.05) is 13.2 Å². The van der Waals surface area contributed by atoms with Gasteiger partial charge in [0.2, 0.25) is 0 Å². The molecule has 5 nitrogen and oxygen atoms in total. The van der Waals surface area contributed by atoms with Crippen LogP contribution in [0.2, 0.25) is 0 Å². The molecule has 0 radical (unpaired) electrons. The third-order valence-electron chi connectivity index (χ3n) is 3.09. The van der Waals surface area contributed by atoms with Gasteiger partial charge in [-0.1, -0.05) is 0 Å². The van der Waals surface area contributed by atoms with E-state index >= 15 is 0 Å². The lowest BCUT2D eigenvalue weighted by atomic mass is 10.1. The van der Waals surface area contributed by atoms with E-state index in [2.05, 4.69) is 0 Å². The Hall–Kier alpha value is -0.940. The van der Waals surface area contributed by atoms with Crippen LogP contribution in [-0.2, 0) is 23.8 Å². The van der Waals surface area contributed by atoms with E-state index in [0.717, 1.165) is 25.7 Å². The Kier molecular flexibility index (Phi) is 4.50. The average Bonchev–Trinajstić information content (AvgIpc) is 2.40. The van der Waals surface area contributed by atoms with Crippen molar-refractivity contribution < 1.29 is 23.8 Å². The zero-order valence-electron chi connectivity index (χ0n) is 9.85. The predicted octanol–water partition coefficient (Wildman–Crippen LogP) is 1.19. The number of rotatable bonds is 2. The van der Waals surface area contributed by atoms with Gasteiger partial charge in [0.15, 0.2) is 12.2 Å². The molecule has 0 aromatic rings. The highest BCUT2D eigenvalue weighted by Crippen LogP contribution is 2.17. The second-order valence-electron chi connectivity index (χ2n) is 4.45. The molecule has 0 amide bonds. The Morgan fingerprint density at radius 3 is 1.65 bits per heavy atom. The lowest BCUT2D eigenvalue weighted by Gasteiger charge is -2.23. The van der Waals surface area contributed by atoms with Crippen LogP contribution in [0.25, 0.3) is 0 Å². The molecule has 0 spiro atoms. The van der Waals surface area contributed by atoms with Crippen LogP contribution in [0.1, 0.15) is 38.5 Å². The molecule has 17 heavy (non-hydrogen) atoms. The van der Waals surface area contributed by atoms with Crippen molar-refractivity contribution in [1.82, 2.24) is 0 Å². The smallest absolute Gasteiger partial charge is 0.342 e. The number of hydrogen-bond donors (Lipinski definition) is 0. The Bertz CT molecular complexity index is 249. The molecule has 96 valence electrons. The van der Waals surface area contributed by atoms with Crippen LogP contribution in [0.15, 0.2) is 0 Å². The van der Waals surface area contributed by atoms with Crippen LogP contribution in [0.3, 0.4) is 0 Å². The van der Waals surface area contributed by atoms with Crippen LogP contribution >= 0.6 is 0 Å². The van der Waals surface area contributed by atoms with Gasteiger partial charge in [0, 0.05) is 13.2 Å². The Morgan fingerprint density at radius 1 is 0.824 bits per heavy atom. The van der Waals surface area contributed by atoms with Crippen molar-refractivity contribution in [2.45, 2.75) is 50.7 Å². The summed E-state index contributed by atoms with van der Waals surface area (Å²) in [6.45, 7) is 1.13. The van der Waals surface area contributed by atoms with Gasteiger partial charge in [0.05, 0.1) is 0 Å². The number of ether oxygens (including phenoxy) is 3. The van der Waals surface area contributed by atoms with Gasteiger partial charge in [-0.3, -0.25) is 0 Å². The normalized spacial score (nSPS) is 29.6. The molecule has 2 atom stereocenters. The van der Waals surface area contributed by atoms with E-state index in [1.54, 1.807) is 0 Å². The van der Waals surface area contributed by atoms with Crippen molar-refractivity contribution in [1.29, 1.82) is 0 Å². The summed E-state index contributed by atoms with van der Waals surface area (Å²) < 4.78 is 15.3. The van der Waals surface area contributed by atoms with Crippen LogP contribution in [0.5, 0.6) is 0 Å². The maximum absolute atomic E-state index is 11.6. The standard InChI is InChI=1S/C12H18O5/c13-11(9-5-1-3-7-15-9)17-12(14)10-6-2-4-8-16-10/h9-10H,1-8H2. The molecule has 2 fully saturated rings. The quantitative estimate of drug-likeness (QED) is 0.537. The molecule has 2 aliphatic rings. The first-order valence-electron chi connectivity index (χ1n) is 6.26. The van der Waals surface area contributed by atoms with Crippen LogP contribution < -0.4 is 0 Å². The second kappa shape index (κ2) is 6.12. The van der Waals surface area contributed by atoms with Crippen LogP contribution in [0.4, 0.5) is 0 Å². The van der Waals surface area contributed by atoms with Crippen LogP contribution in [-0.4, -0.2) is 37.4 Å². The highest BCUT2D eigenvalue weighted by molar-refractivity contribution is 5.90. The molecule has 0 aromatic heterocycles. The third kappa shape index (κ3) is 3.51. The molecule has 0 aliphatic carbocycles. The summed E-state index contributed by atoms with van der Waals surface area (Å²) >= 11 is 0. The fourth-order valence-electron chi connectivity index (χ4n) is 2.08. The van der Waals surface area contributed by atoms with Crippen molar-refractivity contribution in [2.24, 2.45) is 0 Å². The highest BCUT2D eigenvalue weighted by atomic mass is 16.6. The third-order valence-corrected chi connectivity index (χ3v) is 3.09. The fourth-order valence-corrected chi connectivity index (χ4v) is 2.08. The first-order valence-corrected chi connectivity index (χ1v) is 6.26. The van der Waals surface area contributed by atoms with Gasteiger partial charge in [-0.15, -0.1) is 0 Å². The summed E-state index contributed by atoms with van der Waals surface area (Å²) in [6.07, 6.45) is 3.93. The molecule has 0 N–H and O–H groups in total. The predicted molar refractivity (Wildman–Crippen MR) is 58.3 cm³/mol. The van der Waals surface area contributed by atoms with Crippen molar-refractivity contribution >= 4 is 11.9 Å². The molecular weight excluding hydrogens is 224 g/mol. The Balaban J connectivity index is 1.78. The van der Waals surface area contributed by atoms with E-state index in [1.165, 1.54) is 0 Å². The highest BCUT2D eigenvalue weighted by Gasteiger charge is 2.30. The maximum Gasteiger partial charge on any atom is 0.342 e. The average molecular weight is 242 g/mol. The maximum atomic E-state index is 11.6. The summed E-state index contributed by atoms with van der Waals surface area (Å²) in [5.74, 6) is -1.13.